The zero-order chi connectivity index (χ0) is 9.40. The van der Waals surface area contributed by atoms with Crippen LogP contribution in [0.3, 0.4) is 0 Å². The average molecular weight is 219 g/mol. The second-order valence-corrected chi connectivity index (χ2v) is 3.47. The van der Waals surface area contributed by atoms with Gasteiger partial charge in [0.25, 0.3) is 0 Å². The molecule has 2 atom stereocenters. The van der Waals surface area contributed by atoms with E-state index in [1.54, 1.807) is 0 Å². The molecule has 77 valence electrons. The summed E-state index contributed by atoms with van der Waals surface area (Å²) in [6.07, 6.45) is 4.74. The summed E-state index contributed by atoms with van der Waals surface area (Å²) < 4.78 is 0. The molecule has 1 radical (unpaired) electrons. The fourth-order valence-electron chi connectivity index (χ4n) is 1.32. The zero-order valence-electron chi connectivity index (χ0n) is 8.87. The monoisotopic (exact) mass is 219 g/mol. The molecule has 13 heavy (non-hydrogen) atoms. The molecule has 0 saturated carbocycles. The number of hydrogen-bond donors (Lipinski definition) is 2. The van der Waals surface area contributed by atoms with Crippen molar-refractivity contribution in [2.45, 2.75) is 64.6 Å². The van der Waals surface area contributed by atoms with E-state index in [9.17, 15) is 10.2 Å². The number of unbranched alkanes of at least 4 members (excludes halogenated alkanes) is 1. The Morgan fingerprint density at radius 2 is 1.46 bits per heavy atom. The van der Waals surface area contributed by atoms with E-state index in [0.29, 0.717) is 6.42 Å². The molecule has 0 rings (SSSR count). The Bertz CT molecular complexity index is 98.9. The standard InChI is InChI=1S/C10H22O2.Sc/c1-3-5-7-10(12)8-9(11)6-4-2;/h9-12H,3-8H2,1-2H3;. The number of aliphatic hydroxyl groups is 2. The Balaban J connectivity index is 0. The molecule has 0 bridgehead atoms. The maximum Gasteiger partial charge on any atom is 0.0564 e. The van der Waals surface area contributed by atoms with Crippen molar-refractivity contribution in [2.24, 2.45) is 0 Å². The molecule has 3 heteroatoms. The first-order valence-electron chi connectivity index (χ1n) is 5.06. The summed E-state index contributed by atoms with van der Waals surface area (Å²) in [6.45, 7) is 4.15. The topological polar surface area (TPSA) is 40.5 Å². The third kappa shape index (κ3) is 10.7. The SMILES string of the molecule is CCCCC(O)CC(O)CCC.[Sc]. The van der Waals surface area contributed by atoms with Gasteiger partial charge in [-0.25, -0.2) is 0 Å². The fourth-order valence-corrected chi connectivity index (χ4v) is 1.32. The summed E-state index contributed by atoms with van der Waals surface area (Å²) in [5.74, 6) is 0. The van der Waals surface area contributed by atoms with Crippen LogP contribution in [0.5, 0.6) is 0 Å². The normalized spacial score (nSPS) is 14.8. The van der Waals surface area contributed by atoms with Crippen LogP contribution in [0.15, 0.2) is 0 Å². The number of rotatable bonds is 7. The molecule has 2 nitrogen and oxygen atoms in total. The van der Waals surface area contributed by atoms with Gasteiger partial charge < -0.3 is 10.2 Å². The average Bonchev–Trinajstić information content (AvgIpc) is 2.01. The molecular formula is C10H22O2Sc. The molecule has 0 aliphatic carbocycles. The van der Waals surface area contributed by atoms with Crippen LogP contribution in [0.25, 0.3) is 0 Å². The van der Waals surface area contributed by atoms with Crippen LogP contribution >= 0.6 is 0 Å². The Labute approximate surface area is 101 Å². The second kappa shape index (κ2) is 10.9. The molecule has 0 spiro atoms. The van der Waals surface area contributed by atoms with E-state index in [0.717, 1.165) is 32.1 Å². The molecule has 0 fully saturated rings. The molecule has 0 aromatic carbocycles. The maximum absolute atomic E-state index is 9.42. The van der Waals surface area contributed by atoms with Crippen LogP contribution < -0.4 is 0 Å². The van der Waals surface area contributed by atoms with Crippen LogP contribution in [-0.2, 0) is 25.8 Å². The van der Waals surface area contributed by atoms with Gasteiger partial charge in [-0.2, -0.15) is 0 Å². The summed E-state index contributed by atoms with van der Waals surface area (Å²) >= 11 is 0. The van der Waals surface area contributed by atoms with E-state index in [1.165, 1.54) is 0 Å². The molecule has 0 amide bonds. The minimum Gasteiger partial charge on any atom is -0.393 e. The van der Waals surface area contributed by atoms with Crippen LogP contribution in [0.2, 0.25) is 0 Å². The molecule has 0 saturated heterocycles. The summed E-state index contributed by atoms with van der Waals surface area (Å²) in [4.78, 5) is 0. The number of aliphatic hydroxyl groups excluding tert-OH is 2. The van der Waals surface area contributed by atoms with Crippen LogP contribution in [0, 0.1) is 0 Å². The largest absolute Gasteiger partial charge is 0.393 e. The van der Waals surface area contributed by atoms with Crippen LogP contribution in [-0.4, -0.2) is 22.4 Å². The van der Waals surface area contributed by atoms with E-state index >= 15 is 0 Å². The minimum atomic E-state index is -0.304. The van der Waals surface area contributed by atoms with Gasteiger partial charge in [0, 0.05) is 25.8 Å². The van der Waals surface area contributed by atoms with Gasteiger partial charge in [-0.15, -0.1) is 0 Å². The van der Waals surface area contributed by atoms with Gasteiger partial charge in [-0.05, 0) is 19.3 Å². The van der Waals surface area contributed by atoms with Crippen molar-refractivity contribution >= 4 is 0 Å². The van der Waals surface area contributed by atoms with Crippen LogP contribution in [0.1, 0.15) is 52.4 Å². The maximum atomic E-state index is 9.42. The van der Waals surface area contributed by atoms with Crippen LogP contribution in [0.4, 0.5) is 0 Å². The molecule has 0 aromatic rings. The Morgan fingerprint density at radius 1 is 0.923 bits per heavy atom. The van der Waals surface area contributed by atoms with E-state index in [2.05, 4.69) is 6.92 Å². The van der Waals surface area contributed by atoms with Gasteiger partial charge in [0.05, 0.1) is 12.2 Å². The predicted molar refractivity (Wildman–Crippen MR) is 51.1 cm³/mol. The summed E-state index contributed by atoms with van der Waals surface area (Å²) in [5.41, 5.74) is 0. The predicted octanol–water partition coefficient (Wildman–Crippen LogP) is 2.09. The third-order valence-corrected chi connectivity index (χ3v) is 2.06. The molecule has 2 unspecified atom stereocenters. The van der Waals surface area contributed by atoms with Gasteiger partial charge in [0.2, 0.25) is 0 Å². The van der Waals surface area contributed by atoms with Crippen molar-refractivity contribution in [2.75, 3.05) is 0 Å². The minimum absolute atomic E-state index is 0. The molecule has 0 aliphatic rings. The number of hydrogen-bond acceptors (Lipinski definition) is 2. The molecule has 0 aliphatic heterocycles. The van der Waals surface area contributed by atoms with Gasteiger partial charge >= 0.3 is 0 Å². The first kappa shape index (κ1) is 16.2. The van der Waals surface area contributed by atoms with Crippen molar-refractivity contribution in [3.05, 3.63) is 0 Å². The second-order valence-electron chi connectivity index (χ2n) is 3.47. The Morgan fingerprint density at radius 3 is 1.92 bits per heavy atom. The Kier molecular flexibility index (Phi) is 13.6. The third-order valence-electron chi connectivity index (χ3n) is 2.06. The van der Waals surface area contributed by atoms with Crippen molar-refractivity contribution in [3.63, 3.8) is 0 Å². The smallest absolute Gasteiger partial charge is 0.0564 e. The van der Waals surface area contributed by atoms with Gasteiger partial charge in [0.15, 0.2) is 0 Å². The quantitative estimate of drug-likeness (QED) is 0.688. The molecule has 0 heterocycles. The summed E-state index contributed by atoms with van der Waals surface area (Å²) in [6, 6.07) is 0. The first-order valence-corrected chi connectivity index (χ1v) is 5.06. The van der Waals surface area contributed by atoms with Crippen molar-refractivity contribution in [1.29, 1.82) is 0 Å². The van der Waals surface area contributed by atoms with Gasteiger partial charge in [-0.1, -0.05) is 33.1 Å². The van der Waals surface area contributed by atoms with Gasteiger partial charge in [-0.3, -0.25) is 0 Å². The molecule has 0 aromatic heterocycles. The fraction of sp³-hybridized carbons (Fsp3) is 1.00. The van der Waals surface area contributed by atoms with Crippen molar-refractivity contribution < 1.29 is 36.1 Å². The van der Waals surface area contributed by atoms with E-state index in [4.69, 9.17) is 0 Å². The molecule has 2 N–H and O–H groups in total. The summed E-state index contributed by atoms with van der Waals surface area (Å²) in [5, 5.41) is 18.8. The van der Waals surface area contributed by atoms with E-state index in [-0.39, 0.29) is 38.1 Å². The summed E-state index contributed by atoms with van der Waals surface area (Å²) in [7, 11) is 0. The van der Waals surface area contributed by atoms with E-state index < -0.39 is 0 Å². The Hall–Kier alpha value is 0.790. The molecular weight excluding hydrogens is 197 g/mol. The van der Waals surface area contributed by atoms with Gasteiger partial charge in [0.1, 0.15) is 0 Å². The first-order chi connectivity index (χ1) is 5.70. The van der Waals surface area contributed by atoms with Crippen molar-refractivity contribution in [1.82, 2.24) is 0 Å². The zero-order valence-corrected chi connectivity index (χ0v) is 10.7. The van der Waals surface area contributed by atoms with Crippen molar-refractivity contribution in [3.8, 4) is 0 Å². The van der Waals surface area contributed by atoms with E-state index in [1.807, 2.05) is 6.92 Å².